The molecule has 0 radical (unpaired) electrons. The highest BCUT2D eigenvalue weighted by molar-refractivity contribution is 6.45. The van der Waals surface area contributed by atoms with Gasteiger partial charge in [-0.3, -0.25) is 19.7 Å². The summed E-state index contributed by atoms with van der Waals surface area (Å²) in [5, 5.41) is 15.6. The number of anilines is 2. The summed E-state index contributed by atoms with van der Waals surface area (Å²) in [5.74, 6) is -2.02. The van der Waals surface area contributed by atoms with Crippen molar-refractivity contribution in [3.05, 3.63) is 62.6 Å². The fourth-order valence-corrected chi connectivity index (χ4v) is 1.99. The van der Waals surface area contributed by atoms with Crippen molar-refractivity contribution in [3.63, 3.8) is 0 Å². The van der Waals surface area contributed by atoms with Gasteiger partial charge in [0, 0.05) is 12.1 Å². The molecule has 7 nitrogen and oxygen atoms in total. The quantitative estimate of drug-likeness (QED) is 0.500. The van der Waals surface area contributed by atoms with Gasteiger partial charge in [0.1, 0.15) is 0 Å². The average molecular weight is 354 g/mol. The number of rotatable bonds is 3. The van der Waals surface area contributed by atoms with Gasteiger partial charge in [0.15, 0.2) is 0 Å². The molecular weight excluding hydrogens is 345 g/mol. The molecule has 118 valence electrons. The highest BCUT2D eigenvalue weighted by atomic mass is 35.5. The zero-order valence-electron chi connectivity index (χ0n) is 11.4. The number of halogens is 2. The van der Waals surface area contributed by atoms with Crippen molar-refractivity contribution < 1.29 is 14.5 Å². The first-order valence-electron chi connectivity index (χ1n) is 6.19. The first-order valence-corrected chi connectivity index (χ1v) is 6.95. The second-order valence-electron chi connectivity index (χ2n) is 4.31. The van der Waals surface area contributed by atoms with Gasteiger partial charge in [-0.05, 0) is 18.2 Å². The van der Waals surface area contributed by atoms with Crippen LogP contribution in [0.3, 0.4) is 0 Å². The molecule has 0 aliphatic carbocycles. The van der Waals surface area contributed by atoms with E-state index in [1.54, 1.807) is 18.2 Å². The first-order chi connectivity index (χ1) is 10.9. The van der Waals surface area contributed by atoms with Gasteiger partial charge in [-0.15, -0.1) is 0 Å². The number of non-ortho nitro benzene ring substituents is 1. The Morgan fingerprint density at radius 2 is 1.48 bits per heavy atom. The number of hydrogen-bond acceptors (Lipinski definition) is 4. The van der Waals surface area contributed by atoms with Crippen molar-refractivity contribution in [2.75, 3.05) is 10.6 Å². The molecule has 2 aromatic carbocycles. The van der Waals surface area contributed by atoms with Gasteiger partial charge >= 0.3 is 11.8 Å². The Morgan fingerprint density at radius 3 is 2.09 bits per heavy atom. The summed E-state index contributed by atoms with van der Waals surface area (Å²) in [6.45, 7) is 0. The molecule has 2 amide bonds. The van der Waals surface area contributed by atoms with Crippen LogP contribution in [0.1, 0.15) is 0 Å². The molecule has 0 unspecified atom stereocenters. The van der Waals surface area contributed by atoms with Crippen molar-refractivity contribution in [2.24, 2.45) is 0 Å². The lowest BCUT2D eigenvalue weighted by molar-refractivity contribution is -0.384. The van der Waals surface area contributed by atoms with Gasteiger partial charge in [-0.1, -0.05) is 35.3 Å². The van der Waals surface area contributed by atoms with Crippen LogP contribution in [0.2, 0.25) is 10.0 Å². The van der Waals surface area contributed by atoms with E-state index in [2.05, 4.69) is 10.6 Å². The van der Waals surface area contributed by atoms with E-state index in [1.165, 1.54) is 18.2 Å². The van der Waals surface area contributed by atoms with Crippen molar-refractivity contribution in [1.82, 2.24) is 0 Å². The summed E-state index contributed by atoms with van der Waals surface area (Å²) in [5.41, 5.74) is -0.0455. The molecule has 0 saturated heterocycles. The number of nitro groups is 1. The summed E-state index contributed by atoms with van der Waals surface area (Å²) < 4.78 is 0. The van der Waals surface area contributed by atoms with Crippen LogP contribution in [-0.4, -0.2) is 16.7 Å². The monoisotopic (exact) mass is 353 g/mol. The Hall–Kier alpha value is -2.64. The smallest absolute Gasteiger partial charge is 0.314 e. The van der Waals surface area contributed by atoms with Gasteiger partial charge in [0.05, 0.1) is 26.3 Å². The number of hydrogen-bond donors (Lipinski definition) is 2. The highest BCUT2D eigenvalue weighted by Crippen LogP contribution is 2.27. The molecule has 0 aliphatic rings. The van der Waals surface area contributed by atoms with Crippen LogP contribution in [0.25, 0.3) is 0 Å². The lowest BCUT2D eigenvalue weighted by Crippen LogP contribution is -2.29. The molecule has 0 saturated carbocycles. The zero-order chi connectivity index (χ0) is 17.0. The van der Waals surface area contributed by atoms with E-state index < -0.39 is 16.7 Å². The van der Waals surface area contributed by atoms with Crippen LogP contribution < -0.4 is 10.6 Å². The maximum atomic E-state index is 11.9. The number of carbonyl (C=O) groups excluding carboxylic acids is 2. The van der Waals surface area contributed by atoms with Gasteiger partial charge < -0.3 is 10.6 Å². The maximum Gasteiger partial charge on any atom is 0.314 e. The summed E-state index contributed by atoms with van der Waals surface area (Å²) in [6.07, 6.45) is 0. The Labute approximate surface area is 140 Å². The van der Waals surface area contributed by atoms with Crippen LogP contribution >= 0.6 is 23.2 Å². The fraction of sp³-hybridized carbons (Fsp3) is 0. The molecule has 2 N–H and O–H groups in total. The molecule has 0 aromatic heterocycles. The molecule has 2 rings (SSSR count). The third kappa shape index (κ3) is 4.18. The number of nitro benzene ring substituents is 1. The molecule has 0 heterocycles. The maximum absolute atomic E-state index is 11.9. The molecule has 0 fully saturated rings. The van der Waals surface area contributed by atoms with E-state index in [9.17, 15) is 19.7 Å². The second-order valence-corrected chi connectivity index (χ2v) is 5.12. The number of nitrogens with one attached hydrogen (secondary N) is 2. The first kappa shape index (κ1) is 16.7. The van der Waals surface area contributed by atoms with Crippen LogP contribution in [0, 0.1) is 10.1 Å². The molecule has 0 spiro atoms. The van der Waals surface area contributed by atoms with E-state index in [1.807, 2.05) is 0 Å². The number of para-hydroxylation sites is 1. The Bertz CT molecular complexity index is 795. The Balaban J connectivity index is 2.13. The van der Waals surface area contributed by atoms with E-state index in [0.29, 0.717) is 0 Å². The minimum absolute atomic E-state index is 0.0415. The van der Waals surface area contributed by atoms with Gasteiger partial charge in [-0.2, -0.15) is 0 Å². The molecular formula is C14H9Cl2N3O4. The molecule has 0 aliphatic heterocycles. The topological polar surface area (TPSA) is 101 Å². The van der Waals surface area contributed by atoms with Crippen LogP contribution in [0.4, 0.5) is 17.1 Å². The van der Waals surface area contributed by atoms with Crippen molar-refractivity contribution in [2.45, 2.75) is 0 Å². The van der Waals surface area contributed by atoms with Gasteiger partial charge in [-0.25, -0.2) is 0 Å². The summed E-state index contributed by atoms with van der Waals surface area (Å²) >= 11 is 11.7. The molecule has 23 heavy (non-hydrogen) atoms. The Morgan fingerprint density at radius 1 is 0.913 bits per heavy atom. The normalized spacial score (nSPS) is 10.0. The van der Waals surface area contributed by atoms with Gasteiger partial charge in [0.2, 0.25) is 0 Å². The average Bonchev–Trinajstić information content (AvgIpc) is 2.51. The third-order valence-electron chi connectivity index (χ3n) is 2.74. The fourth-order valence-electron chi connectivity index (χ4n) is 1.64. The highest BCUT2D eigenvalue weighted by Gasteiger charge is 2.18. The largest absolute Gasteiger partial charge is 0.316 e. The van der Waals surface area contributed by atoms with E-state index in [0.717, 1.165) is 6.07 Å². The third-order valence-corrected chi connectivity index (χ3v) is 3.40. The van der Waals surface area contributed by atoms with Crippen LogP contribution in [0.5, 0.6) is 0 Å². The molecule has 2 aromatic rings. The number of carbonyl (C=O) groups is 2. The zero-order valence-corrected chi connectivity index (χ0v) is 12.9. The summed E-state index contributed by atoms with van der Waals surface area (Å²) in [7, 11) is 0. The van der Waals surface area contributed by atoms with E-state index in [4.69, 9.17) is 23.2 Å². The minimum atomic E-state index is -1.03. The lowest BCUT2D eigenvalue weighted by Gasteiger charge is -2.08. The number of amides is 2. The van der Waals surface area contributed by atoms with Crippen molar-refractivity contribution in [3.8, 4) is 0 Å². The predicted octanol–water partition coefficient (Wildman–Crippen LogP) is 3.48. The predicted molar refractivity (Wildman–Crippen MR) is 86.8 cm³/mol. The number of nitrogens with zero attached hydrogens (tertiary/aromatic N) is 1. The molecule has 0 atom stereocenters. The van der Waals surface area contributed by atoms with Crippen molar-refractivity contribution >= 4 is 52.1 Å². The molecule has 0 bridgehead atoms. The van der Waals surface area contributed by atoms with E-state index in [-0.39, 0.29) is 27.1 Å². The van der Waals surface area contributed by atoms with Crippen LogP contribution in [-0.2, 0) is 9.59 Å². The summed E-state index contributed by atoms with van der Waals surface area (Å²) in [4.78, 5) is 33.8. The van der Waals surface area contributed by atoms with Crippen LogP contribution in [0.15, 0.2) is 42.5 Å². The summed E-state index contributed by atoms with van der Waals surface area (Å²) in [6, 6.07) is 9.87. The van der Waals surface area contributed by atoms with Crippen molar-refractivity contribution in [1.29, 1.82) is 0 Å². The van der Waals surface area contributed by atoms with Gasteiger partial charge in [0.25, 0.3) is 5.69 Å². The molecule has 9 heteroatoms. The second kappa shape index (κ2) is 7.08. The Kier molecular flexibility index (Phi) is 5.15. The lowest BCUT2D eigenvalue weighted by atomic mass is 10.2. The standard InChI is InChI=1S/C14H9Cl2N3O4/c15-9-3-1-2-4-11(9)17-13(20)14(21)18-12-7-8(19(22)23)5-6-10(12)16/h1-7H,(H,17,20)(H,18,21). The minimum Gasteiger partial charge on any atom is -0.316 e. The number of benzene rings is 2. The SMILES string of the molecule is O=C(Nc1ccccc1Cl)C(=O)Nc1cc([N+](=O)[O-])ccc1Cl. The van der Waals surface area contributed by atoms with E-state index >= 15 is 0 Å².